The van der Waals surface area contributed by atoms with Gasteiger partial charge in [-0.3, -0.25) is 4.79 Å². The van der Waals surface area contributed by atoms with E-state index in [1.165, 1.54) is 12.8 Å². The van der Waals surface area contributed by atoms with Gasteiger partial charge in [-0.1, -0.05) is 0 Å². The number of piperidine rings is 1. The van der Waals surface area contributed by atoms with Crippen molar-refractivity contribution in [3.63, 3.8) is 0 Å². The predicted octanol–water partition coefficient (Wildman–Crippen LogP) is 2.53. The molecule has 1 amide bonds. The van der Waals surface area contributed by atoms with Gasteiger partial charge in [0.1, 0.15) is 5.75 Å². The van der Waals surface area contributed by atoms with Gasteiger partial charge >= 0.3 is 0 Å². The van der Waals surface area contributed by atoms with Gasteiger partial charge in [-0.25, -0.2) is 0 Å². The number of halogens is 1. The van der Waals surface area contributed by atoms with Gasteiger partial charge in [0.15, 0.2) is 0 Å². The molecule has 1 unspecified atom stereocenters. The van der Waals surface area contributed by atoms with E-state index in [0.717, 1.165) is 24.1 Å². The van der Waals surface area contributed by atoms with Crippen LogP contribution >= 0.6 is 15.9 Å². The van der Waals surface area contributed by atoms with E-state index in [9.17, 15) is 4.79 Å². The van der Waals surface area contributed by atoms with Crippen molar-refractivity contribution in [3.8, 4) is 5.75 Å². The lowest BCUT2D eigenvalue weighted by atomic mass is 9.99. The van der Waals surface area contributed by atoms with Crippen molar-refractivity contribution >= 4 is 21.8 Å². The summed E-state index contributed by atoms with van der Waals surface area (Å²) in [7, 11) is 3.47. The average Bonchev–Trinajstić information content (AvgIpc) is 2.48. The number of hydrogen-bond donors (Lipinski definition) is 1. The largest absolute Gasteiger partial charge is 0.497 e. The van der Waals surface area contributed by atoms with Gasteiger partial charge in [-0.2, -0.15) is 0 Å². The molecule has 1 aromatic carbocycles. The summed E-state index contributed by atoms with van der Waals surface area (Å²) in [5, 5.41) is 3.38. The topological polar surface area (TPSA) is 41.6 Å². The molecular formula is C15H21BrN2O2. The van der Waals surface area contributed by atoms with Gasteiger partial charge in [-0.05, 0) is 66.0 Å². The monoisotopic (exact) mass is 340 g/mol. The van der Waals surface area contributed by atoms with Crippen LogP contribution in [-0.4, -0.2) is 44.6 Å². The molecule has 0 aromatic heterocycles. The van der Waals surface area contributed by atoms with Crippen LogP contribution in [0.5, 0.6) is 5.75 Å². The number of methoxy groups -OCH3 is 1. The van der Waals surface area contributed by atoms with Crippen molar-refractivity contribution in [3.05, 3.63) is 28.2 Å². The molecule has 1 saturated heterocycles. The molecule has 1 aliphatic heterocycles. The molecule has 1 aliphatic rings. The molecular weight excluding hydrogens is 320 g/mol. The van der Waals surface area contributed by atoms with Crippen molar-refractivity contribution in [2.75, 3.05) is 33.8 Å². The maximum Gasteiger partial charge on any atom is 0.254 e. The Morgan fingerprint density at radius 2 is 2.35 bits per heavy atom. The minimum Gasteiger partial charge on any atom is -0.497 e. The summed E-state index contributed by atoms with van der Waals surface area (Å²) in [6, 6.07) is 5.47. The third-order valence-corrected chi connectivity index (χ3v) is 4.37. The molecule has 0 bridgehead atoms. The van der Waals surface area contributed by atoms with Crippen molar-refractivity contribution in [1.29, 1.82) is 0 Å². The Labute approximate surface area is 128 Å². The summed E-state index contributed by atoms with van der Waals surface area (Å²) in [5.41, 5.74) is 0.649. The van der Waals surface area contributed by atoms with E-state index in [1.807, 2.05) is 19.2 Å². The fourth-order valence-electron chi connectivity index (χ4n) is 2.55. The van der Waals surface area contributed by atoms with E-state index in [-0.39, 0.29) is 5.91 Å². The van der Waals surface area contributed by atoms with Crippen LogP contribution in [0.3, 0.4) is 0 Å². The number of nitrogens with zero attached hydrogens (tertiary/aromatic N) is 1. The second kappa shape index (κ2) is 7.09. The zero-order valence-corrected chi connectivity index (χ0v) is 13.6. The van der Waals surface area contributed by atoms with Crippen LogP contribution in [0.4, 0.5) is 0 Å². The van der Waals surface area contributed by atoms with E-state index >= 15 is 0 Å². The van der Waals surface area contributed by atoms with E-state index in [0.29, 0.717) is 17.2 Å². The van der Waals surface area contributed by atoms with Crippen LogP contribution < -0.4 is 10.1 Å². The maximum atomic E-state index is 12.5. The van der Waals surface area contributed by atoms with Gasteiger partial charge in [-0.15, -0.1) is 0 Å². The fourth-order valence-corrected chi connectivity index (χ4v) is 2.97. The third kappa shape index (κ3) is 3.73. The number of rotatable bonds is 4. The Kier molecular flexibility index (Phi) is 5.43. The third-order valence-electron chi connectivity index (χ3n) is 3.68. The van der Waals surface area contributed by atoms with Gasteiger partial charge in [0, 0.05) is 18.1 Å². The van der Waals surface area contributed by atoms with Crippen LogP contribution in [0.15, 0.2) is 22.7 Å². The Balaban J connectivity index is 2.05. The maximum absolute atomic E-state index is 12.5. The number of hydrogen-bond acceptors (Lipinski definition) is 3. The first-order valence-electron chi connectivity index (χ1n) is 6.91. The van der Waals surface area contributed by atoms with Gasteiger partial charge in [0.05, 0.1) is 12.7 Å². The van der Waals surface area contributed by atoms with Gasteiger partial charge in [0.2, 0.25) is 0 Å². The highest BCUT2D eigenvalue weighted by molar-refractivity contribution is 9.10. The summed E-state index contributed by atoms with van der Waals surface area (Å²) in [5.74, 6) is 1.27. The zero-order chi connectivity index (χ0) is 14.5. The van der Waals surface area contributed by atoms with Crippen molar-refractivity contribution in [1.82, 2.24) is 10.2 Å². The number of carbonyl (C=O) groups is 1. The number of ether oxygens (including phenoxy) is 1. The Bertz CT molecular complexity index is 473. The highest BCUT2D eigenvalue weighted by atomic mass is 79.9. The summed E-state index contributed by atoms with van der Waals surface area (Å²) in [6.07, 6.45) is 2.37. The normalized spacial score (nSPS) is 18.6. The van der Waals surface area contributed by atoms with Gasteiger partial charge in [0.25, 0.3) is 5.91 Å². The number of carbonyl (C=O) groups excluding carboxylic acids is 1. The Morgan fingerprint density at radius 1 is 1.55 bits per heavy atom. The van der Waals surface area contributed by atoms with Crippen LogP contribution in [-0.2, 0) is 0 Å². The lowest BCUT2D eigenvalue weighted by Crippen LogP contribution is -2.39. The molecule has 0 radical (unpaired) electrons. The minimum absolute atomic E-state index is 0.0290. The van der Waals surface area contributed by atoms with Crippen molar-refractivity contribution < 1.29 is 9.53 Å². The predicted molar refractivity (Wildman–Crippen MR) is 83.2 cm³/mol. The van der Waals surface area contributed by atoms with Crippen molar-refractivity contribution in [2.45, 2.75) is 12.8 Å². The quantitative estimate of drug-likeness (QED) is 0.915. The standard InChI is InChI=1S/C15H21BrN2O2/c1-18(10-11-4-3-7-17-9-11)15(19)13-8-12(20-2)5-6-14(13)16/h5-6,8,11,17H,3-4,7,9-10H2,1-2H3. The number of amides is 1. The molecule has 20 heavy (non-hydrogen) atoms. The average molecular weight is 341 g/mol. The molecule has 2 rings (SSSR count). The van der Waals surface area contributed by atoms with E-state index in [4.69, 9.17) is 4.74 Å². The molecule has 1 N–H and O–H groups in total. The highest BCUT2D eigenvalue weighted by Gasteiger charge is 2.20. The molecule has 1 atom stereocenters. The van der Waals surface area contributed by atoms with Crippen LogP contribution in [0, 0.1) is 5.92 Å². The summed E-state index contributed by atoms with van der Waals surface area (Å²) in [4.78, 5) is 14.3. The molecule has 0 spiro atoms. The second-order valence-electron chi connectivity index (χ2n) is 5.24. The van der Waals surface area contributed by atoms with Gasteiger partial charge < -0.3 is 15.0 Å². The molecule has 1 heterocycles. The van der Waals surface area contributed by atoms with E-state index in [1.54, 1.807) is 18.1 Å². The van der Waals surface area contributed by atoms with E-state index < -0.39 is 0 Å². The van der Waals surface area contributed by atoms with Crippen LogP contribution in [0.25, 0.3) is 0 Å². The van der Waals surface area contributed by atoms with E-state index in [2.05, 4.69) is 21.2 Å². The Hall–Kier alpha value is -1.07. The minimum atomic E-state index is 0.0290. The summed E-state index contributed by atoms with van der Waals surface area (Å²) >= 11 is 3.44. The first-order valence-corrected chi connectivity index (χ1v) is 7.71. The molecule has 1 fully saturated rings. The second-order valence-corrected chi connectivity index (χ2v) is 6.10. The molecule has 4 nitrogen and oxygen atoms in total. The fraction of sp³-hybridized carbons (Fsp3) is 0.533. The molecule has 0 saturated carbocycles. The number of benzene rings is 1. The van der Waals surface area contributed by atoms with Crippen LogP contribution in [0.2, 0.25) is 0 Å². The van der Waals surface area contributed by atoms with Crippen LogP contribution in [0.1, 0.15) is 23.2 Å². The first-order chi connectivity index (χ1) is 9.61. The summed E-state index contributed by atoms with van der Waals surface area (Å²) < 4.78 is 5.99. The molecule has 0 aliphatic carbocycles. The lowest BCUT2D eigenvalue weighted by molar-refractivity contribution is 0.0763. The molecule has 5 heteroatoms. The summed E-state index contributed by atoms with van der Waals surface area (Å²) in [6.45, 7) is 2.88. The smallest absolute Gasteiger partial charge is 0.254 e. The number of nitrogens with one attached hydrogen (secondary N) is 1. The zero-order valence-electron chi connectivity index (χ0n) is 12.0. The highest BCUT2D eigenvalue weighted by Crippen LogP contribution is 2.24. The first kappa shape index (κ1) is 15.3. The molecule has 1 aromatic rings. The van der Waals surface area contributed by atoms with Crippen molar-refractivity contribution in [2.24, 2.45) is 5.92 Å². The Morgan fingerprint density at radius 3 is 3.00 bits per heavy atom. The lowest BCUT2D eigenvalue weighted by Gasteiger charge is -2.28. The molecule has 110 valence electrons. The SMILES string of the molecule is COc1ccc(Br)c(C(=O)N(C)CC2CCCNC2)c1.